The van der Waals surface area contributed by atoms with Gasteiger partial charge in [-0.1, -0.05) is 13.0 Å². The highest BCUT2D eigenvalue weighted by Crippen LogP contribution is 2.48. The van der Waals surface area contributed by atoms with E-state index in [1.54, 1.807) is 41.2 Å². The third kappa shape index (κ3) is 5.91. The Kier molecular flexibility index (Phi) is 6.96. The predicted octanol–water partition coefficient (Wildman–Crippen LogP) is 4.73. The lowest BCUT2D eigenvalue weighted by molar-refractivity contribution is 0.0981. The first kappa shape index (κ1) is 27.6. The number of aromatic nitrogens is 3. The van der Waals surface area contributed by atoms with Crippen LogP contribution in [0.1, 0.15) is 69.7 Å². The monoisotopic (exact) mass is 579 g/mol. The van der Waals surface area contributed by atoms with Crippen molar-refractivity contribution in [2.45, 2.75) is 69.7 Å². The maximum Gasteiger partial charge on any atom is 0.268 e. The molecule has 1 atom stereocenters. The van der Waals surface area contributed by atoms with Crippen molar-refractivity contribution in [2.75, 3.05) is 24.7 Å². The van der Waals surface area contributed by atoms with Gasteiger partial charge < -0.3 is 14.4 Å². The fraction of sp³-hybridized carbons (Fsp3) is 0.500. The standard InChI is InChI=1S/C30H37N5O5S/c1-29(2)19-21-6-5-16-39-22-7-4-8-23(18-22)41(37,38)33-28(36)24-9-10-25(31-27(24)34(29)20-21)35-15-11-26(32-35)40-17-14-30(3)12-13-30/h4,7-11,15,18,21H,5-6,12-14,16-17,19-20H2,1-3H3,(H,33,36)/t21-/m0/s1. The molecule has 1 aromatic carbocycles. The largest absolute Gasteiger partial charge is 0.494 e. The smallest absolute Gasteiger partial charge is 0.268 e. The second kappa shape index (κ2) is 10.3. The molecule has 3 aromatic rings. The van der Waals surface area contributed by atoms with Gasteiger partial charge in [-0.2, -0.15) is 0 Å². The van der Waals surface area contributed by atoms with Crippen LogP contribution in [-0.2, 0) is 10.0 Å². The van der Waals surface area contributed by atoms with Crippen molar-refractivity contribution < 1.29 is 22.7 Å². The minimum absolute atomic E-state index is 0.0359. The molecule has 218 valence electrons. The molecule has 0 unspecified atom stereocenters. The fourth-order valence-electron chi connectivity index (χ4n) is 5.81. The molecule has 3 aliphatic rings. The Hall–Kier alpha value is -3.60. The SMILES string of the molecule is CC1(CCOc2ccn(-c3ccc4c(n3)N3C[C@@H](CCCOc5cccc(c5)S(=O)(=O)NC4=O)CC3(C)C)n2)CC1. The zero-order chi connectivity index (χ0) is 28.8. The summed E-state index contributed by atoms with van der Waals surface area (Å²) in [6.07, 6.45) is 7.95. The van der Waals surface area contributed by atoms with E-state index in [-0.39, 0.29) is 16.0 Å². The Labute approximate surface area is 241 Å². The zero-order valence-corrected chi connectivity index (χ0v) is 24.6. The highest BCUT2D eigenvalue weighted by molar-refractivity contribution is 7.90. The summed E-state index contributed by atoms with van der Waals surface area (Å²) < 4.78 is 42.0. The Morgan fingerprint density at radius 3 is 2.78 bits per heavy atom. The Morgan fingerprint density at radius 2 is 1.98 bits per heavy atom. The lowest BCUT2D eigenvalue weighted by Gasteiger charge is -2.34. The number of nitrogens with one attached hydrogen (secondary N) is 1. The third-order valence-corrected chi connectivity index (χ3v) is 9.88. The van der Waals surface area contributed by atoms with Gasteiger partial charge in [0.15, 0.2) is 5.82 Å². The van der Waals surface area contributed by atoms with E-state index in [0.717, 1.165) is 25.7 Å². The number of hydrogen-bond donors (Lipinski definition) is 1. The number of amides is 1. The number of anilines is 1. The molecule has 2 fully saturated rings. The number of hydrogen-bond acceptors (Lipinski definition) is 8. The van der Waals surface area contributed by atoms with Crippen molar-refractivity contribution in [3.05, 3.63) is 54.2 Å². The van der Waals surface area contributed by atoms with Crippen LogP contribution >= 0.6 is 0 Å². The van der Waals surface area contributed by atoms with Crippen LogP contribution in [-0.4, -0.2) is 54.4 Å². The molecule has 10 nitrogen and oxygen atoms in total. The Bertz CT molecular complexity index is 1560. The molecule has 1 saturated heterocycles. The molecule has 0 radical (unpaired) electrons. The zero-order valence-electron chi connectivity index (χ0n) is 23.8. The van der Waals surface area contributed by atoms with Crippen molar-refractivity contribution in [1.82, 2.24) is 19.5 Å². The third-order valence-electron chi connectivity index (χ3n) is 8.55. The molecule has 41 heavy (non-hydrogen) atoms. The molecule has 0 spiro atoms. The van der Waals surface area contributed by atoms with Crippen molar-refractivity contribution in [1.29, 1.82) is 0 Å². The van der Waals surface area contributed by atoms with Crippen molar-refractivity contribution in [3.8, 4) is 17.4 Å². The number of fused-ring (bicyclic) bond motifs is 6. The van der Waals surface area contributed by atoms with Gasteiger partial charge in [-0.05, 0) is 88.0 Å². The van der Waals surface area contributed by atoms with Gasteiger partial charge in [0.1, 0.15) is 11.6 Å². The molecule has 1 aliphatic carbocycles. The van der Waals surface area contributed by atoms with Crippen LogP contribution in [0.3, 0.4) is 0 Å². The van der Waals surface area contributed by atoms with E-state index in [1.165, 1.54) is 25.0 Å². The van der Waals surface area contributed by atoms with E-state index >= 15 is 0 Å². The first-order chi connectivity index (χ1) is 19.5. The molecule has 2 aliphatic heterocycles. The Morgan fingerprint density at radius 1 is 1.15 bits per heavy atom. The molecule has 4 heterocycles. The van der Waals surface area contributed by atoms with E-state index in [1.807, 2.05) is 0 Å². The quantitative estimate of drug-likeness (QED) is 0.461. The minimum Gasteiger partial charge on any atom is -0.494 e. The normalized spacial score (nSPS) is 22.5. The van der Waals surface area contributed by atoms with Gasteiger partial charge in [-0.3, -0.25) is 4.79 Å². The van der Waals surface area contributed by atoms with Crippen LogP contribution in [0.25, 0.3) is 5.82 Å². The highest BCUT2D eigenvalue weighted by Gasteiger charge is 2.41. The molecule has 1 N–H and O–H groups in total. The number of carbonyl (C=O) groups is 1. The van der Waals surface area contributed by atoms with Crippen LogP contribution < -0.4 is 19.1 Å². The maximum absolute atomic E-state index is 13.6. The summed E-state index contributed by atoms with van der Waals surface area (Å²) in [5.41, 5.74) is 0.287. The number of sulfonamides is 1. The average molecular weight is 580 g/mol. The van der Waals surface area contributed by atoms with Gasteiger partial charge in [0.05, 0.1) is 23.7 Å². The summed E-state index contributed by atoms with van der Waals surface area (Å²) in [6.45, 7) is 8.31. The van der Waals surface area contributed by atoms with E-state index in [9.17, 15) is 13.2 Å². The lowest BCUT2D eigenvalue weighted by Crippen LogP contribution is -2.41. The van der Waals surface area contributed by atoms with Crippen LogP contribution in [0.15, 0.2) is 53.6 Å². The molecule has 4 bridgehead atoms. The highest BCUT2D eigenvalue weighted by atomic mass is 32.2. The van der Waals surface area contributed by atoms with Gasteiger partial charge >= 0.3 is 0 Å². The van der Waals surface area contributed by atoms with Gasteiger partial charge in [0.2, 0.25) is 5.88 Å². The minimum atomic E-state index is -4.15. The maximum atomic E-state index is 13.6. The topological polar surface area (TPSA) is 116 Å². The molecule has 6 rings (SSSR count). The summed E-state index contributed by atoms with van der Waals surface area (Å²) >= 11 is 0. The van der Waals surface area contributed by atoms with Crippen LogP contribution in [0.5, 0.6) is 11.6 Å². The number of rotatable bonds is 5. The molecule has 11 heteroatoms. The number of nitrogens with zero attached hydrogens (tertiary/aromatic N) is 4. The Balaban J connectivity index is 1.34. The van der Waals surface area contributed by atoms with Crippen LogP contribution in [0.4, 0.5) is 5.82 Å². The fourth-order valence-corrected chi connectivity index (χ4v) is 6.81. The lowest BCUT2D eigenvalue weighted by atomic mass is 9.93. The summed E-state index contributed by atoms with van der Waals surface area (Å²) in [4.78, 5) is 20.6. The average Bonchev–Trinajstić information content (AvgIpc) is 3.33. The van der Waals surface area contributed by atoms with Crippen molar-refractivity contribution >= 4 is 21.7 Å². The molecule has 2 aromatic heterocycles. The number of pyridine rings is 1. The second-order valence-corrected chi connectivity index (χ2v) is 14.1. The van der Waals surface area contributed by atoms with E-state index in [0.29, 0.717) is 54.4 Å². The number of carbonyl (C=O) groups excluding carboxylic acids is 1. The van der Waals surface area contributed by atoms with E-state index in [2.05, 4.69) is 35.5 Å². The molecule has 1 saturated carbocycles. The predicted molar refractivity (Wildman–Crippen MR) is 154 cm³/mol. The van der Waals surface area contributed by atoms with Gasteiger partial charge in [0.25, 0.3) is 15.9 Å². The second-order valence-electron chi connectivity index (χ2n) is 12.4. The molecular weight excluding hydrogens is 542 g/mol. The summed E-state index contributed by atoms with van der Waals surface area (Å²) in [7, 11) is -4.15. The van der Waals surface area contributed by atoms with Gasteiger partial charge in [-0.15, -0.1) is 5.10 Å². The van der Waals surface area contributed by atoms with Crippen molar-refractivity contribution in [2.24, 2.45) is 11.3 Å². The molecular formula is C30H37N5O5S. The van der Waals surface area contributed by atoms with Gasteiger partial charge in [-0.25, -0.2) is 22.8 Å². The van der Waals surface area contributed by atoms with E-state index < -0.39 is 15.9 Å². The van der Waals surface area contributed by atoms with E-state index in [4.69, 9.17) is 14.5 Å². The first-order valence-corrected chi connectivity index (χ1v) is 15.8. The first-order valence-electron chi connectivity index (χ1n) is 14.3. The van der Waals surface area contributed by atoms with Crippen molar-refractivity contribution in [3.63, 3.8) is 0 Å². The molecule has 1 amide bonds. The number of benzene rings is 1. The number of ether oxygens (including phenoxy) is 2. The van der Waals surface area contributed by atoms with Crippen LogP contribution in [0.2, 0.25) is 0 Å². The summed E-state index contributed by atoms with van der Waals surface area (Å²) in [6, 6.07) is 11.3. The summed E-state index contributed by atoms with van der Waals surface area (Å²) in [5.74, 6) is 1.55. The van der Waals surface area contributed by atoms with Crippen LogP contribution in [0, 0.1) is 11.3 Å². The summed E-state index contributed by atoms with van der Waals surface area (Å²) in [5, 5.41) is 4.56. The van der Waals surface area contributed by atoms with Gasteiger partial charge in [0, 0.05) is 30.4 Å².